The van der Waals surface area contributed by atoms with Gasteiger partial charge in [0.1, 0.15) is 0 Å². The summed E-state index contributed by atoms with van der Waals surface area (Å²) in [6.07, 6.45) is 3.24. The van der Waals surface area contributed by atoms with E-state index in [0.29, 0.717) is 0 Å². The van der Waals surface area contributed by atoms with Crippen molar-refractivity contribution in [1.29, 1.82) is 0 Å². The van der Waals surface area contributed by atoms with Crippen molar-refractivity contribution in [1.82, 2.24) is 15.4 Å². The van der Waals surface area contributed by atoms with Crippen molar-refractivity contribution in [3.05, 3.63) is 12.4 Å². The Morgan fingerprint density at radius 1 is 1.20 bits per heavy atom. The van der Waals surface area contributed by atoms with Crippen LogP contribution in [-0.4, -0.2) is 15.4 Å². The second-order valence-corrected chi connectivity index (χ2v) is 0.660. The molecule has 1 aromatic rings. The molecule has 0 saturated heterocycles. The molecule has 0 spiro atoms. The van der Waals surface area contributed by atoms with E-state index in [1.807, 2.05) is 0 Å². The average molecular weight is 236 g/mol. The van der Waals surface area contributed by atoms with Crippen molar-refractivity contribution in [2.75, 3.05) is 0 Å². The van der Waals surface area contributed by atoms with Crippen LogP contribution in [0.5, 0.6) is 0 Å². The van der Waals surface area contributed by atoms with Gasteiger partial charge in [-0.1, -0.05) is 5.21 Å². The zero-order chi connectivity index (χ0) is 7.54. The Kier molecular flexibility index (Phi) is 38.1. The molecule has 0 amide bonds. The maximum Gasteiger partial charge on any atom is 2.00 e. The third-order valence-corrected chi connectivity index (χ3v) is 0.331. The second kappa shape index (κ2) is 22.9. The van der Waals surface area contributed by atoms with Crippen molar-refractivity contribution < 1.29 is 26.4 Å². The molecule has 1 rings (SSSR count). The Hall–Kier alpha value is 0.159. The van der Waals surface area contributed by atoms with Gasteiger partial charge in [-0.2, -0.15) is 0 Å². The van der Waals surface area contributed by atoms with Crippen LogP contribution in [0.15, 0.2) is 12.4 Å². The maximum absolute atomic E-state index is 7.72. The Morgan fingerprint density at radius 2 is 1.70 bits per heavy atom. The standard InChI is InChI=1S/C2H3N3.2ClO.Cu/c1-2-4-5-3-1;2*1-2;/h1-2H,(H,3,4,5);;;/q;2*-1;+2. The molecule has 63 valence electrons. The molecule has 0 bridgehead atoms. The summed E-state index contributed by atoms with van der Waals surface area (Å²) in [7, 11) is 0. The molecule has 8 heteroatoms. The first-order valence-electron chi connectivity index (χ1n) is 1.61. The molecule has 5 nitrogen and oxygen atoms in total. The van der Waals surface area contributed by atoms with Crippen molar-refractivity contribution in [2.24, 2.45) is 0 Å². The SMILES string of the molecule is [Cu+2].[O-]Cl.[O-]Cl.c1c[nH]nn1. The van der Waals surface area contributed by atoms with Crippen molar-refractivity contribution in [3.8, 4) is 0 Å². The molecule has 0 fully saturated rings. The molecule has 10 heavy (non-hydrogen) atoms. The zero-order valence-corrected chi connectivity index (χ0v) is 6.88. The molecular formula is C2H3Cl2CuN3O2. The Bertz CT molecular complexity index is 79.0. The first kappa shape index (κ1) is 16.6. The second-order valence-electron chi connectivity index (χ2n) is 0.660. The Morgan fingerprint density at radius 3 is 1.80 bits per heavy atom. The van der Waals surface area contributed by atoms with Crippen LogP contribution >= 0.6 is 23.7 Å². The Labute approximate surface area is 78.2 Å². The number of hydrogen-bond donors (Lipinski definition) is 1. The van der Waals surface area contributed by atoms with Crippen LogP contribution in [0, 0.1) is 0 Å². The average Bonchev–Trinajstić information content (AvgIpc) is 2.51. The molecule has 0 atom stereocenters. The number of rotatable bonds is 0. The zero-order valence-electron chi connectivity index (χ0n) is 4.42. The van der Waals surface area contributed by atoms with Gasteiger partial charge in [0.2, 0.25) is 0 Å². The van der Waals surface area contributed by atoms with Gasteiger partial charge in [0.25, 0.3) is 0 Å². The first-order valence-corrected chi connectivity index (χ1v) is 2.23. The molecule has 0 aliphatic heterocycles. The third kappa shape index (κ3) is 15.7. The van der Waals surface area contributed by atoms with Gasteiger partial charge < -0.3 is 9.32 Å². The minimum absolute atomic E-state index is 0. The summed E-state index contributed by atoms with van der Waals surface area (Å²) in [5.41, 5.74) is 0. The number of H-pyrrole nitrogens is 1. The summed E-state index contributed by atoms with van der Waals surface area (Å²) in [4.78, 5) is 0. The van der Waals surface area contributed by atoms with Crippen molar-refractivity contribution >= 4 is 23.7 Å². The fourth-order valence-corrected chi connectivity index (χ4v) is 0.167. The van der Waals surface area contributed by atoms with Gasteiger partial charge in [0.15, 0.2) is 0 Å². The summed E-state index contributed by atoms with van der Waals surface area (Å²) >= 11 is 6.78. The van der Waals surface area contributed by atoms with E-state index in [1.54, 1.807) is 12.4 Å². The van der Waals surface area contributed by atoms with E-state index in [4.69, 9.17) is 9.32 Å². The van der Waals surface area contributed by atoms with Gasteiger partial charge in [-0.3, -0.25) is 5.10 Å². The quantitative estimate of drug-likeness (QED) is 0.573. The summed E-state index contributed by atoms with van der Waals surface area (Å²) < 4.78 is 15.4. The van der Waals surface area contributed by atoms with E-state index in [9.17, 15) is 0 Å². The van der Waals surface area contributed by atoms with E-state index >= 15 is 0 Å². The predicted octanol–water partition coefficient (Wildman–Crippen LogP) is -1.20. The van der Waals surface area contributed by atoms with Crippen LogP contribution in [0.1, 0.15) is 0 Å². The van der Waals surface area contributed by atoms with E-state index < -0.39 is 0 Å². The number of aromatic amines is 1. The van der Waals surface area contributed by atoms with Gasteiger partial charge in [0.05, 0.1) is 6.20 Å². The topological polar surface area (TPSA) is 87.7 Å². The fourth-order valence-electron chi connectivity index (χ4n) is 0.167. The van der Waals surface area contributed by atoms with E-state index in [-0.39, 0.29) is 17.1 Å². The summed E-state index contributed by atoms with van der Waals surface area (Å²) in [5.74, 6) is 0. The summed E-state index contributed by atoms with van der Waals surface area (Å²) in [6.45, 7) is 0. The number of nitrogens with zero attached hydrogens (tertiary/aromatic N) is 2. The minimum atomic E-state index is 0. The maximum atomic E-state index is 7.72. The van der Waals surface area contributed by atoms with Crippen LogP contribution < -0.4 is 9.32 Å². The van der Waals surface area contributed by atoms with Crippen LogP contribution in [0.4, 0.5) is 0 Å². The predicted molar refractivity (Wildman–Crippen MR) is 28.1 cm³/mol. The number of nitrogens with one attached hydrogen (secondary N) is 1. The van der Waals surface area contributed by atoms with Crippen molar-refractivity contribution in [2.45, 2.75) is 0 Å². The number of aromatic nitrogens is 3. The van der Waals surface area contributed by atoms with Crippen LogP contribution in [-0.2, 0) is 17.1 Å². The molecule has 0 aliphatic carbocycles. The monoisotopic (exact) mass is 234 g/mol. The molecule has 1 heterocycles. The molecule has 0 saturated carbocycles. The Balaban J connectivity index is -0.0000000875. The van der Waals surface area contributed by atoms with Gasteiger partial charge in [-0.05, 0) is 0 Å². The fraction of sp³-hybridized carbons (Fsp3) is 0. The van der Waals surface area contributed by atoms with E-state index in [0.717, 1.165) is 0 Å². The van der Waals surface area contributed by atoms with Crippen LogP contribution in [0.25, 0.3) is 0 Å². The molecule has 1 N–H and O–H groups in total. The first-order chi connectivity index (χ1) is 4.50. The third-order valence-electron chi connectivity index (χ3n) is 0.331. The minimum Gasteiger partial charge on any atom is -0.769 e. The summed E-state index contributed by atoms with van der Waals surface area (Å²) in [5, 5.41) is 9.26. The smallest absolute Gasteiger partial charge is 0.769 e. The van der Waals surface area contributed by atoms with Gasteiger partial charge in [-0.15, -0.1) is 5.10 Å². The van der Waals surface area contributed by atoms with Gasteiger partial charge in [-0.25, -0.2) is 23.7 Å². The van der Waals surface area contributed by atoms with Crippen LogP contribution in [0.2, 0.25) is 0 Å². The number of halogens is 2. The van der Waals surface area contributed by atoms with E-state index in [1.165, 1.54) is 0 Å². The molecule has 1 radical (unpaired) electrons. The molecule has 0 unspecified atom stereocenters. The largest absolute Gasteiger partial charge is 2.00 e. The van der Waals surface area contributed by atoms with E-state index in [2.05, 4.69) is 39.1 Å². The molecular weight excluding hydrogens is 232 g/mol. The molecule has 1 aromatic heterocycles. The normalized spacial score (nSPS) is 5.20. The summed E-state index contributed by atoms with van der Waals surface area (Å²) in [6, 6.07) is 0. The number of hydrogen-bond acceptors (Lipinski definition) is 4. The molecule has 0 aromatic carbocycles. The van der Waals surface area contributed by atoms with Gasteiger partial charge in [0, 0.05) is 6.20 Å². The van der Waals surface area contributed by atoms with Crippen molar-refractivity contribution in [3.63, 3.8) is 0 Å². The molecule has 0 aliphatic rings. The van der Waals surface area contributed by atoms with Crippen LogP contribution in [0.3, 0.4) is 0 Å². The van der Waals surface area contributed by atoms with Gasteiger partial charge >= 0.3 is 17.1 Å².